The molecule has 3 N–H and O–H groups in total. The minimum absolute atomic E-state index is 0.0762. The lowest BCUT2D eigenvalue weighted by Crippen LogP contribution is -2.45. The minimum atomic E-state index is -1.14. The van der Waals surface area contributed by atoms with Crippen LogP contribution in [0, 0.1) is 13.8 Å². The highest BCUT2D eigenvalue weighted by molar-refractivity contribution is 5.96. The number of carbonyl (C=O) groups excluding carboxylic acids is 1. The van der Waals surface area contributed by atoms with Gasteiger partial charge in [-0.15, -0.1) is 0 Å². The number of H-pyrrole nitrogens is 1. The van der Waals surface area contributed by atoms with E-state index in [1.807, 2.05) is 25.8 Å². The topological polar surface area (TPSA) is 97.1 Å². The predicted octanol–water partition coefficient (Wildman–Crippen LogP) is 1.61. The molecule has 2 aromatic rings. The van der Waals surface area contributed by atoms with Gasteiger partial charge in [0.2, 0.25) is 5.88 Å². The Labute approximate surface area is 145 Å². The molecule has 25 heavy (non-hydrogen) atoms. The smallest absolute Gasteiger partial charge is 0.254 e. The molecule has 7 nitrogen and oxygen atoms in total. The number of aromatic nitrogens is 3. The number of rotatable bonds is 4. The first kappa shape index (κ1) is 17.3. The maximum absolute atomic E-state index is 14.2. The van der Waals surface area contributed by atoms with E-state index in [4.69, 9.17) is 10.5 Å². The second kappa shape index (κ2) is 6.79. The van der Waals surface area contributed by atoms with Crippen LogP contribution in [0.2, 0.25) is 0 Å². The summed E-state index contributed by atoms with van der Waals surface area (Å²) in [6.07, 6.45) is 0.345. The van der Waals surface area contributed by atoms with Gasteiger partial charge in [0.1, 0.15) is 17.8 Å². The van der Waals surface area contributed by atoms with Gasteiger partial charge in [-0.3, -0.25) is 9.89 Å². The third-order valence-electron chi connectivity index (χ3n) is 4.48. The Morgan fingerprint density at radius 3 is 2.84 bits per heavy atom. The Morgan fingerprint density at radius 1 is 1.48 bits per heavy atom. The van der Waals surface area contributed by atoms with Crippen molar-refractivity contribution in [3.8, 4) is 17.0 Å². The van der Waals surface area contributed by atoms with Crippen LogP contribution in [0.25, 0.3) is 11.1 Å². The molecule has 3 heterocycles. The number of hydrogen-bond donors (Lipinski definition) is 2. The summed E-state index contributed by atoms with van der Waals surface area (Å²) in [5.41, 5.74) is 8.87. The van der Waals surface area contributed by atoms with Crippen molar-refractivity contribution in [1.29, 1.82) is 0 Å². The van der Waals surface area contributed by atoms with Gasteiger partial charge in [0.15, 0.2) is 0 Å². The number of aryl methyl sites for hydroxylation is 2. The molecule has 3 rings (SSSR count). The van der Waals surface area contributed by atoms with Crippen molar-refractivity contribution >= 4 is 5.91 Å². The molecule has 0 radical (unpaired) electrons. The van der Waals surface area contributed by atoms with E-state index >= 15 is 0 Å². The standard InChI is InChI=1S/C17H22FN5O2/c1-9-15(10(2)22-21-9)11-6-12(16(19)24)17(20-7-11)25-14-4-5-23(3)8-13(14)18/h6-7,13-14H,4-5,8H2,1-3H3,(H2,19,24)(H,21,22). The molecule has 0 spiro atoms. The van der Waals surface area contributed by atoms with Crippen LogP contribution in [0.1, 0.15) is 28.2 Å². The van der Waals surface area contributed by atoms with E-state index in [0.29, 0.717) is 18.5 Å². The molecular formula is C17H22FN5O2. The van der Waals surface area contributed by atoms with Crippen molar-refractivity contribution in [2.24, 2.45) is 5.73 Å². The maximum atomic E-state index is 14.2. The summed E-state index contributed by atoms with van der Waals surface area (Å²) in [5.74, 6) is -0.584. The van der Waals surface area contributed by atoms with Gasteiger partial charge in [-0.2, -0.15) is 5.10 Å². The van der Waals surface area contributed by atoms with Gasteiger partial charge < -0.3 is 15.4 Å². The molecule has 0 aliphatic carbocycles. The average molecular weight is 347 g/mol. The van der Waals surface area contributed by atoms with Crippen molar-refractivity contribution in [3.05, 3.63) is 29.2 Å². The molecule has 0 bridgehead atoms. The highest BCUT2D eigenvalue weighted by Gasteiger charge is 2.30. The Bertz CT molecular complexity index is 772. The van der Waals surface area contributed by atoms with E-state index in [-0.39, 0.29) is 11.4 Å². The number of likely N-dealkylation sites (tertiary alicyclic amines) is 1. The summed E-state index contributed by atoms with van der Waals surface area (Å²) in [4.78, 5) is 18.0. The van der Waals surface area contributed by atoms with Crippen LogP contribution in [-0.2, 0) is 0 Å². The monoisotopic (exact) mass is 347 g/mol. The highest BCUT2D eigenvalue weighted by atomic mass is 19.1. The van der Waals surface area contributed by atoms with Gasteiger partial charge in [0.05, 0.1) is 5.69 Å². The van der Waals surface area contributed by atoms with E-state index in [0.717, 1.165) is 23.5 Å². The van der Waals surface area contributed by atoms with Crippen LogP contribution in [0.4, 0.5) is 4.39 Å². The highest BCUT2D eigenvalue weighted by Crippen LogP contribution is 2.29. The fourth-order valence-electron chi connectivity index (χ4n) is 3.15. The van der Waals surface area contributed by atoms with Crippen molar-refractivity contribution in [2.45, 2.75) is 32.5 Å². The Morgan fingerprint density at radius 2 is 2.24 bits per heavy atom. The molecule has 134 valence electrons. The lowest BCUT2D eigenvalue weighted by atomic mass is 10.0. The number of amides is 1. The van der Waals surface area contributed by atoms with E-state index in [9.17, 15) is 9.18 Å². The number of piperidine rings is 1. The first-order chi connectivity index (χ1) is 11.9. The number of hydrogen-bond acceptors (Lipinski definition) is 5. The molecule has 0 aromatic carbocycles. The zero-order chi connectivity index (χ0) is 18.1. The number of ether oxygens (including phenoxy) is 1. The number of nitrogens with zero attached hydrogens (tertiary/aromatic N) is 3. The van der Waals surface area contributed by atoms with E-state index in [2.05, 4.69) is 15.2 Å². The van der Waals surface area contributed by atoms with Crippen LogP contribution >= 0.6 is 0 Å². The molecule has 1 aliphatic rings. The zero-order valence-electron chi connectivity index (χ0n) is 14.5. The van der Waals surface area contributed by atoms with E-state index in [1.54, 1.807) is 12.3 Å². The molecule has 8 heteroatoms. The molecule has 2 unspecified atom stereocenters. The van der Waals surface area contributed by atoms with Crippen molar-refractivity contribution < 1.29 is 13.9 Å². The number of halogens is 1. The second-order valence-electron chi connectivity index (χ2n) is 6.47. The van der Waals surface area contributed by atoms with Crippen LogP contribution in [0.15, 0.2) is 12.3 Å². The molecule has 2 aromatic heterocycles. The second-order valence-corrected chi connectivity index (χ2v) is 6.47. The molecule has 1 saturated heterocycles. The molecule has 1 amide bonds. The molecule has 0 saturated carbocycles. The van der Waals surface area contributed by atoms with E-state index < -0.39 is 18.2 Å². The third kappa shape index (κ3) is 3.48. The summed E-state index contributed by atoms with van der Waals surface area (Å²) in [7, 11) is 1.86. The Balaban J connectivity index is 1.92. The van der Waals surface area contributed by atoms with Gasteiger partial charge in [-0.1, -0.05) is 0 Å². The first-order valence-corrected chi connectivity index (χ1v) is 8.18. The number of carbonyl (C=O) groups is 1. The van der Waals surface area contributed by atoms with Crippen LogP contribution in [0.5, 0.6) is 5.88 Å². The third-order valence-corrected chi connectivity index (χ3v) is 4.48. The van der Waals surface area contributed by atoms with Gasteiger partial charge in [0, 0.05) is 36.1 Å². The largest absolute Gasteiger partial charge is 0.471 e. The van der Waals surface area contributed by atoms with Crippen LogP contribution < -0.4 is 10.5 Å². The maximum Gasteiger partial charge on any atom is 0.254 e. The van der Waals surface area contributed by atoms with Gasteiger partial charge in [-0.05, 0) is 33.4 Å². The quantitative estimate of drug-likeness (QED) is 0.876. The summed E-state index contributed by atoms with van der Waals surface area (Å²) >= 11 is 0. The lowest BCUT2D eigenvalue weighted by molar-refractivity contribution is 0.0280. The molecule has 1 aliphatic heterocycles. The van der Waals surface area contributed by atoms with Crippen LogP contribution in [0.3, 0.4) is 0 Å². The summed E-state index contributed by atoms with van der Waals surface area (Å²) in [6, 6.07) is 1.62. The average Bonchev–Trinajstić information content (AvgIpc) is 2.89. The number of aromatic amines is 1. The van der Waals surface area contributed by atoms with Gasteiger partial charge >= 0.3 is 0 Å². The van der Waals surface area contributed by atoms with Crippen LogP contribution in [-0.4, -0.2) is 58.4 Å². The minimum Gasteiger partial charge on any atom is -0.471 e. The number of alkyl halides is 1. The number of nitrogens with one attached hydrogen (secondary N) is 1. The fraction of sp³-hybridized carbons (Fsp3) is 0.471. The molecule has 1 fully saturated rings. The normalized spacial score (nSPS) is 21.3. The predicted molar refractivity (Wildman–Crippen MR) is 91.2 cm³/mol. The first-order valence-electron chi connectivity index (χ1n) is 8.18. The van der Waals surface area contributed by atoms with E-state index in [1.165, 1.54) is 0 Å². The van der Waals surface area contributed by atoms with Crippen molar-refractivity contribution in [3.63, 3.8) is 0 Å². The van der Waals surface area contributed by atoms with Gasteiger partial charge in [-0.25, -0.2) is 9.37 Å². The number of pyridine rings is 1. The summed E-state index contributed by atoms with van der Waals surface area (Å²) in [6.45, 7) is 4.76. The fourth-order valence-corrected chi connectivity index (χ4v) is 3.15. The summed E-state index contributed by atoms with van der Waals surface area (Å²) < 4.78 is 19.9. The van der Waals surface area contributed by atoms with Crippen molar-refractivity contribution in [1.82, 2.24) is 20.1 Å². The Kier molecular flexibility index (Phi) is 4.71. The number of nitrogens with two attached hydrogens (primary N) is 1. The lowest BCUT2D eigenvalue weighted by Gasteiger charge is -2.32. The molecule has 2 atom stereocenters. The van der Waals surface area contributed by atoms with Crippen molar-refractivity contribution in [2.75, 3.05) is 20.1 Å². The summed E-state index contributed by atoms with van der Waals surface area (Å²) in [5, 5.41) is 7.04. The zero-order valence-corrected chi connectivity index (χ0v) is 14.5. The number of primary amides is 1. The van der Waals surface area contributed by atoms with Gasteiger partial charge in [0.25, 0.3) is 5.91 Å². The Hall–Kier alpha value is -2.48. The SMILES string of the molecule is Cc1n[nH]c(C)c1-c1cnc(OC2CCN(C)CC2F)c(C(N)=O)c1. The molecular weight excluding hydrogens is 325 g/mol.